The van der Waals surface area contributed by atoms with Crippen LogP contribution in [0, 0.1) is 0 Å². The smallest absolute Gasteiger partial charge is 0.422 e. The first kappa shape index (κ1) is 24.6. The van der Waals surface area contributed by atoms with Crippen molar-refractivity contribution in [2.75, 3.05) is 39.2 Å². The summed E-state index contributed by atoms with van der Waals surface area (Å²) < 4.78 is 80.3. The van der Waals surface area contributed by atoms with E-state index in [0.717, 1.165) is 18.2 Å². The highest BCUT2D eigenvalue weighted by atomic mass is 32.2. The second-order valence-electron chi connectivity index (χ2n) is 7.19. The number of hydrogen-bond donors (Lipinski definition) is 1. The first-order chi connectivity index (χ1) is 15.5. The Hall–Kier alpha value is -2.99. The van der Waals surface area contributed by atoms with E-state index >= 15 is 0 Å². The SMILES string of the molecule is COc1ccc(C(=O)Nc2cc(S(=O)(=O)N3CCCC3)ccc2OCC(F)(F)F)c(OC)c1. The van der Waals surface area contributed by atoms with Gasteiger partial charge in [-0.25, -0.2) is 8.42 Å². The average molecular weight is 488 g/mol. The van der Waals surface area contributed by atoms with E-state index in [1.807, 2.05) is 0 Å². The summed E-state index contributed by atoms with van der Waals surface area (Å²) in [5.41, 5.74) is -0.157. The minimum Gasteiger partial charge on any atom is -0.497 e. The minimum absolute atomic E-state index is 0.0628. The molecular formula is C21H23F3N2O6S. The Morgan fingerprint density at radius 2 is 1.73 bits per heavy atom. The molecule has 12 heteroatoms. The molecule has 180 valence electrons. The Balaban J connectivity index is 1.97. The van der Waals surface area contributed by atoms with E-state index in [4.69, 9.17) is 14.2 Å². The van der Waals surface area contributed by atoms with Crippen LogP contribution in [0.25, 0.3) is 0 Å². The second-order valence-corrected chi connectivity index (χ2v) is 9.13. The van der Waals surface area contributed by atoms with E-state index in [1.165, 1.54) is 36.7 Å². The molecule has 0 saturated carbocycles. The van der Waals surface area contributed by atoms with Crippen molar-refractivity contribution in [1.29, 1.82) is 0 Å². The van der Waals surface area contributed by atoms with Gasteiger partial charge >= 0.3 is 6.18 Å². The Morgan fingerprint density at radius 3 is 2.33 bits per heavy atom. The monoisotopic (exact) mass is 488 g/mol. The third kappa shape index (κ3) is 5.88. The summed E-state index contributed by atoms with van der Waals surface area (Å²) in [5.74, 6) is -0.475. The molecule has 1 N–H and O–H groups in total. The van der Waals surface area contributed by atoms with Gasteiger partial charge in [0.2, 0.25) is 10.0 Å². The van der Waals surface area contributed by atoms with Crippen molar-refractivity contribution in [3.05, 3.63) is 42.0 Å². The van der Waals surface area contributed by atoms with Crippen LogP contribution in [0.1, 0.15) is 23.2 Å². The van der Waals surface area contributed by atoms with Crippen LogP contribution < -0.4 is 19.5 Å². The van der Waals surface area contributed by atoms with Crippen molar-refractivity contribution in [1.82, 2.24) is 4.31 Å². The number of carbonyl (C=O) groups excluding carboxylic acids is 1. The number of alkyl halides is 3. The van der Waals surface area contributed by atoms with Gasteiger partial charge in [0.1, 0.15) is 17.2 Å². The summed E-state index contributed by atoms with van der Waals surface area (Å²) in [5, 5.41) is 2.44. The Labute approximate surface area is 189 Å². The average Bonchev–Trinajstić information content (AvgIpc) is 3.33. The van der Waals surface area contributed by atoms with Crippen LogP contribution >= 0.6 is 0 Å². The second kappa shape index (κ2) is 9.87. The van der Waals surface area contributed by atoms with Gasteiger partial charge in [0, 0.05) is 19.2 Å². The summed E-state index contributed by atoms with van der Waals surface area (Å²) >= 11 is 0. The zero-order valence-electron chi connectivity index (χ0n) is 17.9. The van der Waals surface area contributed by atoms with Gasteiger partial charge in [-0.2, -0.15) is 17.5 Å². The van der Waals surface area contributed by atoms with Crippen molar-refractivity contribution in [3.8, 4) is 17.2 Å². The lowest BCUT2D eigenvalue weighted by molar-refractivity contribution is -0.153. The molecule has 1 heterocycles. The topological polar surface area (TPSA) is 94.2 Å². The van der Waals surface area contributed by atoms with Gasteiger partial charge in [-0.05, 0) is 43.2 Å². The molecule has 0 spiro atoms. The molecule has 0 atom stereocenters. The van der Waals surface area contributed by atoms with Crippen molar-refractivity contribution >= 4 is 21.6 Å². The van der Waals surface area contributed by atoms with Crippen molar-refractivity contribution in [2.45, 2.75) is 23.9 Å². The van der Waals surface area contributed by atoms with Crippen LogP contribution in [0.5, 0.6) is 17.2 Å². The number of sulfonamides is 1. The minimum atomic E-state index is -4.62. The molecule has 0 aromatic heterocycles. The van der Waals surface area contributed by atoms with Crippen LogP contribution in [-0.2, 0) is 10.0 Å². The quantitative estimate of drug-likeness (QED) is 0.609. The lowest BCUT2D eigenvalue weighted by atomic mass is 10.1. The fourth-order valence-corrected chi connectivity index (χ4v) is 4.85. The number of halogens is 3. The normalized spacial score (nSPS) is 14.7. The van der Waals surface area contributed by atoms with Crippen LogP contribution in [0.15, 0.2) is 41.3 Å². The first-order valence-corrected chi connectivity index (χ1v) is 11.4. The summed E-state index contributed by atoms with van der Waals surface area (Å²) in [4.78, 5) is 12.7. The van der Waals surface area contributed by atoms with Crippen LogP contribution in [-0.4, -0.2) is 58.7 Å². The number of amides is 1. The molecule has 33 heavy (non-hydrogen) atoms. The lowest BCUT2D eigenvalue weighted by Gasteiger charge is -2.19. The molecular weight excluding hydrogens is 465 g/mol. The fourth-order valence-electron chi connectivity index (χ4n) is 3.31. The van der Waals surface area contributed by atoms with E-state index < -0.39 is 28.7 Å². The Kier molecular flexibility index (Phi) is 7.38. The molecule has 2 aromatic carbocycles. The van der Waals surface area contributed by atoms with Gasteiger partial charge in [-0.1, -0.05) is 0 Å². The molecule has 0 aliphatic carbocycles. The summed E-state index contributed by atoms with van der Waals surface area (Å²) in [6, 6.07) is 7.72. The Morgan fingerprint density at radius 1 is 1.03 bits per heavy atom. The highest BCUT2D eigenvalue weighted by molar-refractivity contribution is 7.89. The van der Waals surface area contributed by atoms with Gasteiger partial charge in [-0.15, -0.1) is 0 Å². The number of hydrogen-bond acceptors (Lipinski definition) is 6. The molecule has 1 aliphatic heterocycles. The van der Waals surface area contributed by atoms with Crippen molar-refractivity contribution in [3.63, 3.8) is 0 Å². The molecule has 3 rings (SSSR count). The number of benzene rings is 2. The standard InChI is InChI=1S/C21H23F3N2O6S/c1-30-14-5-7-16(19(11-14)31-2)20(27)25-17-12-15(33(28,29)26-9-3-4-10-26)6-8-18(17)32-13-21(22,23)24/h5-8,11-12H,3-4,9-10,13H2,1-2H3,(H,25,27). The Bertz CT molecular complexity index is 1120. The molecule has 8 nitrogen and oxygen atoms in total. The maximum absolute atomic E-state index is 12.9. The number of carbonyl (C=O) groups is 1. The predicted octanol–water partition coefficient (Wildman–Crippen LogP) is 3.68. The van der Waals surface area contributed by atoms with Gasteiger partial charge in [0.15, 0.2) is 6.61 Å². The molecule has 0 bridgehead atoms. The van der Waals surface area contributed by atoms with Crippen LogP contribution in [0.2, 0.25) is 0 Å². The lowest BCUT2D eigenvalue weighted by Crippen LogP contribution is -2.28. The maximum Gasteiger partial charge on any atom is 0.422 e. The van der Waals surface area contributed by atoms with Gasteiger partial charge in [0.05, 0.1) is 30.4 Å². The third-order valence-electron chi connectivity index (χ3n) is 4.95. The third-order valence-corrected chi connectivity index (χ3v) is 6.84. The molecule has 1 aliphatic rings. The summed E-state index contributed by atoms with van der Waals surface area (Å²) in [6.45, 7) is -0.918. The number of rotatable bonds is 8. The van der Waals surface area contributed by atoms with Gasteiger partial charge in [0.25, 0.3) is 5.91 Å². The van der Waals surface area contributed by atoms with Crippen molar-refractivity contribution in [2.24, 2.45) is 0 Å². The van der Waals surface area contributed by atoms with Gasteiger partial charge < -0.3 is 19.5 Å². The number of methoxy groups -OCH3 is 2. The zero-order chi connectivity index (χ0) is 24.2. The molecule has 0 radical (unpaired) electrons. The van der Waals surface area contributed by atoms with E-state index in [2.05, 4.69) is 5.32 Å². The van der Waals surface area contributed by atoms with E-state index in [-0.39, 0.29) is 27.6 Å². The van der Waals surface area contributed by atoms with E-state index in [1.54, 1.807) is 0 Å². The summed E-state index contributed by atoms with van der Waals surface area (Å²) in [6.07, 6.45) is -3.19. The highest BCUT2D eigenvalue weighted by Gasteiger charge is 2.31. The number of anilines is 1. The fraction of sp³-hybridized carbons (Fsp3) is 0.381. The largest absolute Gasteiger partial charge is 0.497 e. The van der Waals surface area contributed by atoms with E-state index in [0.29, 0.717) is 31.7 Å². The van der Waals surface area contributed by atoms with Gasteiger partial charge in [-0.3, -0.25) is 4.79 Å². The molecule has 2 aromatic rings. The number of nitrogens with one attached hydrogen (secondary N) is 1. The van der Waals surface area contributed by atoms with Crippen molar-refractivity contribution < 1.29 is 40.6 Å². The maximum atomic E-state index is 12.9. The number of ether oxygens (including phenoxy) is 3. The molecule has 0 unspecified atom stereocenters. The molecule has 1 fully saturated rings. The highest BCUT2D eigenvalue weighted by Crippen LogP contribution is 2.33. The number of nitrogens with zero attached hydrogens (tertiary/aromatic N) is 1. The first-order valence-electron chi connectivity index (χ1n) is 9.92. The predicted molar refractivity (Wildman–Crippen MR) is 113 cm³/mol. The van der Waals surface area contributed by atoms with Crippen LogP contribution in [0.4, 0.5) is 18.9 Å². The molecule has 1 saturated heterocycles. The zero-order valence-corrected chi connectivity index (χ0v) is 18.8. The van der Waals surface area contributed by atoms with Crippen LogP contribution in [0.3, 0.4) is 0 Å². The summed E-state index contributed by atoms with van der Waals surface area (Å²) in [7, 11) is -1.10. The van der Waals surface area contributed by atoms with E-state index in [9.17, 15) is 26.4 Å². The molecule has 1 amide bonds.